The van der Waals surface area contributed by atoms with Crippen molar-refractivity contribution in [3.63, 3.8) is 0 Å². The Hall–Kier alpha value is -2.36. The van der Waals surface area contributed by atoms with Gasteiger partial charge in [-0.2, -0.15) is 4.31 Å². The number of amides is 2. The van der Waals surface area contributed by atoms with E-state index in [0.29, 0.717) is 23.6 Å². The predicted molar refractivity (Wildman–Crippen MR) is 110 cm³/mol. The van der Waals surface area contributed by atoms with Crippen LogP contribution in [0.3, 0.4) is 0 Å². The first-order chi connectivity index (χ1) is 13.6. The van der Waals surface area contributed by atoms with Crippen LogP contribution >= 0.6 is 11.6 Å². The number of anilines is 1. The summed E-state index contributed by atoms with van der Waals surface area (Å²) < 4.78 is 28.5. The van der Waals surface area contributed by atoms with Crippen LogP contribution in [0.5, 0.6) is 0 Å². The van der Waals surface area contributed by atoms with Gasteiger partial charge in [-0.25, -0.2) is 8.42 Å². The lowest BCUT2D eigenvalue weighted by atomic mass is 9.97. The first kappa shape index (κ1) is 21.4. The van der Waals surface area contributed by atoms with Gasteiger partial charge in [0.2, 0.25) is 15.9 Å². The van der Waals surface area contributed by atoms with Gasteiger partial charge < -0.3 is 15.6 Å². The zero-order chi connectivity index (χ0) is 21.3. The van der Waals surface area contributed by atoms with Crippen molar-refractivity contribution in [2.24, 2.45) is 18.7 Å². The molecule has 8 nitrogen and oxygen atoms in total. The molecule has 3 N–H and O–H groups in total. The van der Waals surface area contributed by atoms with E-state index >= 15 is 0 Å². The second kappa shape index (κ2) is 8.17. The minimum Gasteiger partial charge on any atom is -0.364 e. The molecule has 1 saturated heterocycles. The lowest BCUT2D eigenvalue weighted by Gasteiger charge is -2.30. The van der Waals surface area contributed by atoms with Crippen molar-refractivity contribution in [2.45, 2.75) is 24.7 Å². The summed E-state index contributed by atoms with van der Waals surface area (Å²) >= 11 is 5.99. The number of nitrogens with one attached hydrogen (secondary N) is 1. The van der Waals surface area contributed by atoms with Crippen LogP contribution in [0.4, 0.5) is 5.69 Å². The molecule has 1 aliphatic heterocycles. The quantitative estimate of drug-likeness (QED) is 0.743. The molecule has 0 spiro atoms. The maximum Gasteiger partial charge on any atom is 0.265 e. The Labute approximate surface area is 174 Å². The summed E-state index contributed by atoms with van der Waals surface area (Å²) in [6.07, 6.45) is 2.18. The summed E-state index contributed by atoms with van der Waals surface area (Å²) in [7, 11) is -2.20. The normalized spacial score (nSPS) is 16.0. The summed E-state index contributed by atoms with van der Waals surface area (Å²) in [5, 5.41) is 3.42. The zero-order valence-electron chi connectivity index (χ0n) is 16.2. The van der Waals surface area contributed by atoms with Gasteiger partial charge in [-0.05, 0) is 43.5 Å². The van der Waals surface area contributed by atoms with Crippen molar-refractivity contribution >= 4 is 39.1 Å². The monoisotopic (exact) mass is 438 g/mol. The topological polar surface area (TPSA) is 114 Å². The molecule has 0 saturated carbocycles. The van der Waals surface area contributed by atoms with Gasteiger partial charge in [0.15, 0.2) is 0 Å². The molecule has 0 bridgehead atoms. The van der Waals surface area contributed by atoms with Gasteiger partial charge in [0.1, 0.15) is 10.6 Å². The molecule has 3 rings (SSSR count). The Morgan fingerprint density at radius 1 is 1.21 bits per heavy atom. The number of primary amides is 1. The van der Waals surface area contributed by atoms with Crippen molar-refractivity contribution in [1.82, 2.24) is 8.87 Å². The highest BCUT2D eigenvalue weighted by atomic mass is 35.5. The Bertz CT molecular complexity index is 1060. The fraction of sp³-hybridized carbons (Fsp3) is 0.368. The van der Waals surface area contributed by atoms with Crippen LogP contribution in [-0.2, 0) is 21.9 Å². The first-order valence-corrected chi connectivity index (χ1v) is 10.9. The molecule has 10 heteroatoms. The summed E-state index contributed by atoms with van der Waals surface area (Å²) in [6, 6.07) is 6.55. The molecule has 0 aliphatic carbocycles. The Balaban J connectivity index is 1.66. The number of aryl methyl sites for hydroxylation is 2. The summed E-state index contributed by atoms with van der Waals surface area (Å²) in [6.45, 7) is 2.31. The average Bonchev–Trinajstić information content (AvgIpc) is 3.07. The van der Waals surface area contributed by atoms with E-state index < -0.39 is 15.9 Å². The number of rotatable bonds is 5. The summed E-state index contributed by atoms with van der Waals surface area (Å²) in [5.41, 5.74) is 6.94. The number of nitrogens with zero attached hydrogens (tertiary/aromatic N) is 2. The predicted octanol–water partition coefficient (Wildman–Crippen LogP) is 2.13. The molecule has 2 aromatic rings. The van der Waals surface area contributed by atoms with E-state index in [9.17, 15) is 18.0 Å². The van der Waals surface area contributed by atoms with Gasteiger partial charge >= 0.3 is 0 Å². The lowest BCUT2D eigenvalue weighted by molar-refractivity contribution is -0.120. The molecule has 1 aliphatic rings. The number of hydrogen-bond donors (Lipinski definition) is 2. The van der Waals surface area contributed by atoms with Gasteiger partial charge in [-0.3, -0.25) is 9.59 Å². The molecular formula is C19H23ClN4O4S. The standard InChI is InChI=1S/C19H23ClN4O4S/c1-12-3-4-14(20)9-16(12)22-19(26)13-5-7-24(8-6-13)29(27,28)15-10-17(18(21)25)23(2)11-15/h3-4,9-11,13H,5-8H2,1-2H3,(H2,21,25)(H,22,26). The van der Waals surface area contributed by atoms with Gasteiger partial charge in [0.05, 0.1) is 0 Å². The van der Waals surface area contributed by atoms with Crippen molar-refractivity contribution < 1.29 is 18.0 Å². The third-order valence-electron chi connectivity index (χ3n) is 5.15. The molecule has 1 aromatic carbocycles. The van der Waals surface area contributed by atoms with Crippen LogP contribution in [0, 0.1) is 12.8 Å². The molecule has 0 atom stereocenters. The number of aromatic nitrogens is 1. The third-order valence-corrected chi connectivity index (χ3v) is 7.25. The first-order valence-electron chi connectivity index (χ1n) is 9.13. The number of carbonyl (C=O) groups is 2. The molecule has 2 heterocycles. The maximum atomic E-state index is 12.9. The van der Waals surface area contributed by atoms with Crippen LogP contribution in [0.1, 0.15) is 28.9 Å². The van der Waals surface area contributed by atoms with Crippen molar-refractivity contribution in [3.05, 3.63) is 46.7 Å². The number of benzene rings is 1. The lowest BCUT2D eigenvalue weighted by Crippen LogP contribution is -2.41. The smallest absolute Gasteiger partial charge is 0.265 e. The summed E-state index contributed by atoms with van der Waals surface area (Å²) in [5.74, 6) is -1.14. The van der Waals surface area contributed by atoms with Crippen LogP contribution in [0.25, 0.3) is 0 Å². The number of hydrogen-bond acceptors (Lipinski definition) is 4. The highest BCUT2D eigenvalue weighted by molar-refractivity contribution is 7.89. The van der Waals surface area contributed by atoms with E-state index in [2.05, 4.69) is 5.32 Å². The number of carbonyl (C=O) groups excluding carboxylic acids is 2. The Morgan fingerprint density at radius 3 is 2.45 bits per heavy atom. The van der Waals surface area contributed by atoms with E-state index in [4.69, 9.17) is 17.3 Å². The maximum absolute atomic E-state index is 12.9. The zero-order valence-corrected chi connectivity index (χ0v) is 17.8. The van der Waals surface area contributed by atoms with Crippen molar-refractivity contribution in [1.29, 1.82) is 0 Å². The number of sulfonamides is 1. The van der Waals surface area contributed by atoms with E-state index in [1.807, 2.05) is 13.0 Å². The number of nitrogens with two attached hydrogens (primary N) is 1. The molecule has 0 radical (unpaired) electrons. The highest BCUT2D eigenvalue weighted by Crippen LogP contribution is 2.27. The highest BCUT2D eigenvalue weighted by Gasteiger charge is 2.33. The Kier molecular flexibility index (Phi) is 6.02. The van der Waals surface area contributed by atoms with Gasteiger partial charge in [-0.15, -0.1) is 0 Å². The fourth-order valence-corrected chi connectivity index (χ4v) is 5.11. The van der Waals surface area contributed by atoms with Crippen LogP contribution < -0.4 is 11.1 Å². The molecule has 2 amide bonds. The number of piperidine rings is 1. The Morgan fingerprint density at radius 2 is 1.86 bits per heavy atom. The SMILES string of the molecule is Cc1ccc(Cl)cc1NC(=O)C1CCN(S(=O)(=O)c2cc(C(N)=O)n(C)c2)CC1. The minimum atomic E-state index is -3.76. The number of halogens is 1. The second-order valence-electron chi connectivity index (χ2n) is 7.16. The van der Waals surface area contributed by atoms with E-state index in [-0.39, 0.29) is 35.5 Å². The van der Waals surface area contributed by atoms with Crippen LogP contribution in [0.15, 0.2) is 35.4 Å². The van der Waals surface area contributed by atoms with Crippen LogP contribution in [0.2, 0.25) is 5.02 Å². The van der Waals surface area contributed by atoms with Gasteiger partial charge in [0, 0.05) is 43.0 Å². The van der Waals surface area contributed by atoms with E-state index in [1.54, 1.807) is 19.2 Å². The molecule has 1 fully saturated rings. The van der Waals surface area contributed by atoms with Crippen LogP contribution in [-0.4, -0.2) is 42.2 Å². The third kappa shape index (κ3) is 4.47. The second-order valence-corrected chi connectivity index (χ2v) is 9.54. The van der Waals surface area contributed by atoms with Gasteiger partial charge in [0.25, 0.3) is 5.91 Å². The minimum absolute atomic E-state index is 0.0197. The largest absolute Gasteiger partial charge is 0.364 e. The van der Waals surface area contributed by atoms with Crippen molar-refractivity contribution in [3.8, 4) is 0 Å². The summed E-state index contributed by atoms with van der Waals surface area (Å²) in [4.78, 5) is 24.0. The molecule has 156 valence electrons. The molecule has 1 aromatic heterocycles. The molecule has 29 heavy (non-hydrogen) atoms. The van der Waals surface area contributed by atoms with E-state index in [1.165, 1.54) is 21.1 Å². The van der Waals surface area contributed by atoms with Gasteiger partial charge in [-0.1, -0.05) is 17.7 Å². The van der Waals surface area contributed by atoms with Crippen molar-refractivity contribution in [2.75, 3.05) is 18.4 Å². The molecular weight excluding hydrogens is 416 g/mol. The fourth-order valence-electron chi connectivity index (χ4n) is 3.39. The average molecular weight is 439 g/mol. The van der Waals surface area contributed by atoms with E-state index in [0.717, 1.165) is 5.56 Å². The molecule has 0 unspecified atom stereocenters.